The number of rotatable bonds is 6. The lowest BCUT2D eigenvalue weighted by atomic mass is 9.86. The van der Waals surface area contributed by atoms with Crippen LogP contribution < -0.4 is 10.1 Å². The number of benzene rings is 2. The fraction of sp³-hybridized carbons (Fsp3) is 0.423. The third-order valence-electron chi connectivity index (χ3n) is 6.79. The number of ether oxygens (including phenoxy) is 1. The van der Waals surface area contributed by atoms with Crippen molar-refractivity contribution >= 4 is 5.91 Å². The van der Waals surface area contributed by atoms with E-state index in [1.165, 1.54) is 23.3 Å². The molecule has 1 N–H and O–H groups in total. The molecule has 0 spiro atoms. The summed E-state index contributed by atoms with van der Waals surface area (Å²) in [6.45, 7) is 2.02. The lowest BCUT2D eigenvalue weighted by Gasteiger charge is -2.33. The first-order valence-electron chi connectivity index (χ1n) is 11.9. The molecule has 1 amide bonds. The number of methoxy groups -OCH3 is 1. The number of fused-ring (bicyclic) bond motifs is 1. The molecule has 1 saturated heterocycles. The third-order valence-corrected chi connectivity index (χ3v) is 6.79. The molecule has 1 fully saturated rings. The van der Waals surface area contributed by atoms with Gasteiger partial charge in [-0.05, 0) is 86.2 Å². The predicted molar refractivity (Wildman–Crippen MR) is 125 cm³/mol. The normalized spacial score (nSPS) is 20.5. The van der Waals surface area contributed by atoms with Crippen LogP contribution in [-0.2, 0) is 17.8 Å². The number of likely N-dealkylation sites (tertiary alicyclic amines) is 1. The van der Waals surface area contributed by atoms with Crippen molar-refractivity contribution in [1.29, 1.82) is 0 Å². The van der Waals surface area contributed by atoms with Gasteiger partial charge in [-0.15, -0.1) is 0 Å². The molecule has 2 heterocycles. The molecule has 2 aromatic carbocycles. The van der Waals surface area contributed by atoms with Gasteiger partial charge in [0.25, 0.3) is 0 Å². The van der Waals surface area contributed by atoms with Crippen LogP contribution in [-0.4, -0.2) is 41.1 Å². The summed E-state index contributed by atoms with van der Waals surface area (Å²) in [5.41, 5.74) is 3.17. The molecule has 0 bridgehead atoms. The molecule has 2 aliphatic rings. The Morgan fingerprint density at radius 1 is 1.21 bits per heavy atom. The highest BCUT2D eigenvalue weighted by Crippen LogP contribution is 2.33. The molecule has 34 heavy (non-hydrogen) atoms. The maximum absolute atomic E-state index is 13.2. The number of carbonyl (C=O) groups excluding carboxylic acids is 1. The summed E-state index contributed by atoms with van der Waals surface area (Å²) in [6, 6.07) is 12.2. The zero-order valence-electron chi connectivity index (χ0n) is 19.3. The van der Waals surface area contributed by atoms with Gasteiger partial charge >= 0.3 is 0 Å². The molecule has 1 aliphatic heterocycles. The average molecular weight is 465 g/mol. The number of nitrogens with one attached hydrogen (secondary N) is 1. The SMILES string of the molecule is COc1ccc2c(c1)CCCC2NC(=O)C1CCCN(Cc2nc(-c3ccc(F)cc3)no2)C1. The number of aryl methyl sites for hydroxylation is 1. The highest BCUT2D eigenvalue weighted by Gasteiger charge is 2.30. The van der Waals surface area contributed by atoms with Crippen LogP contribution in [0.2, 0.25) is 0 Å². The van der Waals surface area contributed by atoms with Crippen molar-refractivity contribution in [3.63, 3.8) is 0 Å². The van der Waals surface area contributed by atoms with Crippen molar-refractivity contribution in [3.05, 3.63) is 65.3 Å². The molecule has 8 heteroatoms. The Hall–Kier alpha value is -3.26. The predicted octanol–water partition coefficient (Wildman–Crippen LogP) is 4.29. The smallest absolute Gasteiger partial charge is 0.241 e. The molecular weight excluding hydrogens is 435 g/mol. The van der Waals surface area contributed by atoms with E-state index in [1.54, 1.807) is 19.2 Å². The van der Waals surface area contributed by atoms with E-state index < -0.39 is 0 Å². The molecular formula is C26H29FN4O3. The molecule has 5 rings (SSSR count). The summed E-state index contributed by atoms with van der Waals surface area (Å²) in [5.74, 6) is 1.52. The fourth-order valence-electron chi connectivity index (χ4n) is 5.00. The van der Waals surface area contributed by atoms with Crippen LogP contribution in [0.25, 0.3) is 11.4 Å². The second kappa shape index (κ2) is 9.93. The van der Waals surface area contributed by atoms with Crippen LogP contribution in [0.15, 0.2) is 47.0 Å². The monoisotopic (exact) mass is 464 g/mol. The van der Waals surface area contributed by atoms with Crippen LogP contribution in [0.1, 0.15) is 48.7 Å². The number of hydrogen-bond acceptors (Lipinski definition) is 6. The van der Waals surface area contributed by atoms with Crippen LogP contribution in [0, 0.1) is 11.7 Å². The Morgan fingerprint density at radius 2 is 2.06 bits per heavy atom. The van der Waals surface area contributed by atoms with E-state index in [4.69, 9.17) is 9.26 Å². The van der Waals surface area contributed by atoms with Crippen molar-refractivity contribution in [3.8, 4) is 17.1 Å². The summed E-state index contributed by atoms with van der Waals surface area (Å²) in [7, 11) is 1.68. The number of nitrogens with zero attached hydrogens (tertiary/aromatic N) is 3. The number of carbonyl (C=O) groups is 1. The molecule has 7 nitrogen and oxygen atoms in total. The standard InChI is InChI=1S/C26H29FN4O3/c1-33-21-11-12-22-18(14-21)4-2-6-23(22)28-26(32)19-5-3-13-31(15-19)16-24-29-25(30-34-24)17-7-9-20(27)10-8-17/h7-12,14,19,23H,2-6,13,15-16H2,1H3,(H,28,32). The van der Waals surface area contributed by atoms with Gasteiger partial charge in [0.2, 0.25) is 17.6 Å². The van der Waals surface area contributed by atoms with E-state index in [-0.39, 0.29) is 23.7 Å². The van der Waals surface area contributed by atoms with E-state index in [1.807, 2.05) is 6.07 Å². The van der Waals surface area contributed by atoms with Gasteiger partial charge in [-0.2, -0.15) is 4.98 Å². The van der Waals surface area contributed by atoms with Crippen LogP contribution in [0.4, 0.5) is 4.39 Å². The summed E-state index contributed by atoms with van der Waals surface area (Å²) in [4.78, 5) is 19.8. The molecule has 0 saturated carbocycles. The minimum Gasteiger partial charge on any atom is -0.497 e. The van der Waals surface area contributed by atoms with E-state index >= 15 is 0 Å². The highest BCUT2D eigenvalue weighted by atomic mass is 19.1. The number of piperidine rings is 1. The van der Waals surface area contributed by atoms with Gasteiger partial charge in [0, 0.05) is 12.1 Å². The minimum absolute atomic E-state index is 0.0479. The summed E-state index contributed by atoms with van der Waals surface area (Å²) >= 11 is 0. The molecule has 1 aliphatic carbocycles. The number of amides is 1. The summed E-state index contributed by atoms with van der Waals surface area (Å²) in [6.07, 6.45) is 4.83. The lowest BCUT2D eigenvalue weighted by Crippen LogP contribution is -2.44. The molecule has 3 aromatic rings. The molecule has 2 atom stereocenters. The van der Waals surface area contributed by atoms with Gasteiger partial charge in [-0.25, -0.2) is 4.39 Å². The van der Waals surface area contributed by atoms with Gasteiger partial charge in [-0.1, -0.05) is 11.2 Å². The maximum atomic E-state index is 13.2. The van der Waals surface area contributed by atoms with Crippen molar-refractivity contribution in [2.75, 3.05) is 20.2 Å². The Labute approximate surface area is 198 Å². The zero-order chi connectivity index (χ0) is 23.5. The van der Waals surface area contributed by atoms with Crippen LogP contribution in [0.5, 0.6) is 5.75 Å². The first-order chi connectivity index (χ1) is 16.6. The van der Waals surface area contributed by atoms with E-state index in [2.05, 4.69) is 32.5 Å². The Morgan fingerprint density at radius 3 is 2.88 bits per heavy atom. The second-order valence-corrected chi connectivity index (χ2v) is 9.11. The number of hydrogen-bond donors (Lipinski definition) is 1. The first kappa shape index (κ1) is 22.5. The molecule has 0 radical (unpaired) electrons. The van der Waals surface area contributed by atoms with Crippen LogP contribution in [0.3, 0.4) is 0 Å². The van der Waals surface area contributed by atoms with E-state index in [0.717, 1.165) is 44.4 Å². The molecule has 2 unspecified atom stereocenters. The van der Waals surface area contributed by atoms with Crippen molar-refractivity contribution in [2.24, 2.45) is 5.92 Å². The lowest BCUT2D eigenvalue weighted by molar-refractivity contribution is -0.127. The number of halogens is 1. The minimum atomic E-state index is -0.304. The zero-order valence-corrected chi connectivity index (χ0v) is 19.3. The van der Waals surface area contributed by atoms with Gasteiger partial charge in [0.1, 0.15) is 11.6 Å². The Balaban J connectivity index is 1.20. The van der Waals surface area contributed by atoms with E-state index in [0.29, 0.717) is 30.4 Å². The van der Waals surface area contributed by atoms with E-state index in [9.17, 15) is 9.18 Å². The first-order valence-corrected chi connectivity index (χ1v) is 11.9. The fourth-order valence-corrected chi connectivity index (χ4v) is 5.00. The van der Waals surface area contributed by atoms with Crippen molar-refractivity contribution in [2.45, 2.75) is 44.7 Å². The largest absolute Gasteiger partial charge is 0.497 e. The average Bonchev–Trinajstić information content (AvgIpc) is 3.32. The molecule has 178 valence electrons. The third kappa shape index (κ3) is 4.97. The van der Waals surface area contributed by atoms with Crippen molar-refractivity contribution in [1.82, 2.24) is 20.4 Å². The Kier molecular flexibility index (Phi) is 6.58. The van der Waals surface area contributed by atoms with Crippen LogP contribution >= 0.6 is 0 Å². The summed E-state index contributed by atoms with van der Waals surface area (Å²) in [5, 5.41) is 7.33. The topological polar surface area (TPSA) is 80.5 Å². The number of aromatic nitrogens is 2. The summed E-state index contributed by atoms with van der Waals surface area (Å²) < 4.78 is 23.9. The maximum Gasteiger partial charge on any atom is 0.241 e. The Bertz CT molecular complexity index is 1150. The van der Waals surface area contributed by atoms with Crippen molar-refractivity contribution < 1.29 is 18.4 Å². The van der Waals surface area contributed by atoms with Gasteiger partial charge in [0.05, 0.1) is 25.6 Å². The molecule has 1 aromatic heterocycles. The highest BCUT2D eigenvalue weighted by molar-refractivity contribution is 5.79. The van der Waals surface area contributed by atoms with Gasteiger partial charge < -0.3 is 14.6 Å². The van der Waals surface area contributed by atoms with Gasteiger partial charge in [0.15, 0.2) is 0 Å². The second-order valence-electron chi connectivity index (χ2n) is 9.11. The van der Waals surface area contributed by atoms with Gasteiger partial charge in [-0.3, -0.25) is 9.69 Å². The quantitative estimate of drug-likeness (QED) is 0.586.